The van der Waals surface area contributed by atoms with Crippen molar-refractivity contribution in [2.45, 2.75) is 13.5 Å². The fourth-order valence-corrected chi connectivity index (χ4v) is 2.16. The number of amides is 2. The van der Waals surface area contributed by atoms with Gasteiger partial charge in [-0.05, 0) is 31.2 Å². The first kappa shape index (κ1) is 17.5. The molecule has 0 aliphatic heterocycles. The number of nitrogens with one attached hydrogen (secondary N) is 2. The van der Waals surface area contributed by atoms with Crippen LogP contribution in [0.4, 0.5) is 22.0 Å². The third kappa shape index (κ3) is 4.58. The van der Waals surface area contributed by atoms with Crippen molar-refractivity contribution in [3.63, 3.8) is 0 Å². The van der Waals surface area contributed by atoms with Gasteiger partial charge in [0.2, 0.25) is 0 Å². The molecule has 128 valence electrons. The highest BCUT2D eigenvalue weighted by Gasteiger charge is 2.10. The van der Waals surface area contributed by atoms with Crippen LogP contribution in [-0.4, -0.2) is 44.2 Å². The minimum absolute atomic E-state index is 0.291. The van der Waals surface area contributed by atoms with Crippen LogP contribution in [0.3, 0.4) is 0 Å². The second-order valence-corrected chi connectivity index (χ2v) is 5.93. The summed E-state index contributed by atoms with van der Waals surface area (Å²) < 4.78 is 0. The first-order valence-electron chi connectivity index (χ1n) is 7.69. The minimum atomic E-state index is -0.291. The van der Waals surface area contributed by atoms with Gasteiger partial charge in [-0.1, -0.05) is 0 Å². The predicted molar refractivity (Wildman–Crippen MR) is 97.7 cm³/mol. The van der Waals surface area contributed by atoms with Crippen molar-refractivity contribution in [2.24, 2.45) is 0 Å². The van der Waals surface area contributed by atoms with Gasteiger partial charge in [-0.2, -0.15) is 0 Å². The molecule has 0 aliphatic rings. The van der Waals surface area contributed by atoms with Gasteiger partial charge in [-0.3, -0.25) is 4.98 Å². The summed E-state index contributed by atoms with van der Waals surface area (Å²) in [5, 5.41) is 5.65. The van der Waals surface area contributed by atoms with E-state index in [0.29, 0.717) is 12.2 Å². The number of carbonyl (C=O) groups excluding carboxylic acids is 1. The van der Waals surface area contributed by atoms with Crippen molar-refractivity contribution in [1.82, 2.24) is 15.3 Å². The molecule has 7 heteroatoms. The fraction of sp³-hybridized carbons (Fsp3) is 0.353. The topological polar surface area (TPSA) is 73.4 Å². The molecule has 2 amide bonds. The zero-order valence-electron chi connectivity index (χ0n) is 14.8. The largest absolute Gasteiger partial charge is 0.378 e. The van der Waals surface area contributed by atoms with Crippen molar-refractivity contribution in [3.05, 3.63) is 41.9 Å². The van der Waals surface area contributed by atoms with Crippen LogP contribution in [-0.2, 0) is 6.54 Å². The molecule has 0 spiro atoms. The molecule has 0 atom stereocenters. The Hall–Kier alpha value is -2.83. The Morgan fingerprint density at radius 3 is 2.54 bits per heavy atom. The lowest BCUT2D eigenvalue weighted by molar-refractivity contribution is 0.251. The number of aromatic nitrogens is 2. The van der Waals surface area contributed by atoms with Gasteiger partial charge >= 0.3 is 6.03 Å². The van der Waals surface area contributed by atoms with Crippen molar-refractivity contribution in [3.8, 4) is 0 Å². The average molecular weight is 328 g/mol. The van der Waals surface area contributed by atoms with E-state index in [1.807, 2.05) is 69.2 Å². The van der Waals surface area contributed by atoms with Gasteiger partial charge in [0.15, 0.2) is 5.82 Å². The van der Waals surface area contributed by atoms with Gasteiger partial charge in [0.1, 0.15) is 0 Å². The molecule has 0 saturated carbocycles. The normalized spacial score (nSPS) is 10.2. The SMILES string of the molecule is Cc1ccc(NC(=O)NCc2cc(N(C)C)ccn2)c(N(C)C)n1. The molecule has 0 radical (unpaired) electrons. The molecular weight excluding hydrogens is 304 g/mol. The minimum Gasteiger partial charge on any atom is -0.378 e. The molecule has 0 unspecified atom stereocenters. The standard InChI is InChI=1S/C17H24N6O/c1-12-6-7-15(16(20-12)23(4)5)21-17(24)19-11-13-10-14(22(2)3)8-9-18-13/h6-10H,11H2,1-5H3,(H2,19,21,24). The molecule has 2 heterocycles. The van der Waals surface area contributed by atoms with E-state index in [2.05, 4.69) is 20.6 Å². The summed E-state index contributed by atoms with van der Waals surface area (Å²) in [4.78, 5) is 24.7. The zero-order chi connectivity index (χ0) is 17.7. The summed E-state index contributed by atoms with van der Waals surface area (Å²) >= 11 is 0. The smallest absolute Gasteiger partial charge is 0.319 e. The van der Waals surface area contributed by atoms with E-state index < -0.39 is 0 Å². The monoisotopic (exact) mass is 328 g/mol. The van der Waals surface area contributed by atoms with Crippen LogP contribution in [0, 0.1) is 6.92 Å². The molecule has 24 heavy (non-hydrogen) atoms. The number of urea groups is 1. The van der Waals surface area contributed by atoms with Crippen LogP contribution in [0.25, 0.3) is 0 Å². The number of rotatable bonds is 5. The van der Waals surface area contributed by atoms with Crippen LogP contribution in [0.2, 0.25) is 0 Å². The maximum absolute atomic E-state index is 12.2. The van der Waals surface area contributed by atoms with Crippen molar-refractivity contribution in [1.29, 1.82) is 0 Å². The lowest BCUT2D eigenvalue weighted by Crippen LogP contribution is -2.29. The number of anilines is 3. The van der Waals surface area contributed by atoms with E-state index in [1.54, 1.807) is 6.20 Å². The van der Waals surface area contributed by atoms with Gasteiger partial charge in [-0.25, -0.2) is 9.78 Å². The molecule has 0 aliphatic carbocycles. The van der Waals surface area contributed by atoms with Crippen LogP contribution >= 0.6 is 0 Å². The Labute approximate surface area is 142 Å². The number of hydrogen-bond acceptors (Lipinski definition) is 5. The van der Waals surface area contributed by atoms with Crippen molar-refractivity contribution < 1.29 is 4.79 Å². The molecule has 0 saturated heterocycles. The van der Waals surface area contributed by atoms with E-state index in [-0.39, 0.29) is 6.03 Å². The third-order valence-electron chi connectivity index (χ3n) is 3.43. The van der Waals surface area contributed by atoms with E-state index in [1.165, 1.54) is 0 Å². The Morgan fingerprint density at radius 2 is 1.88 bits per heavy atom. The molecular formula is C17H24N6O. The summed E-state index contributed by atoms with van der Waals surface area (Å²) in [6, 6.07) is 7.29. The summed E-state index contributed by atoms with van der Waals surface area (Å²) in [5.74, 6) is 0.720. The summed E-state index contributed by atoms with van der Waals surface area (Å²) in [5.41, 5.74) is 3.40. The Balaban J connectivity index is 2.00. The highest BCUT2D eigenvalue weighted by atomic mass is 16.2. The van der Waals surface area contributed by atoms with Crippen LogP contribution in [0.5, 0.6) is 0 Å². The molecule has 2 N–H and O–H groups in total. The summed E-state index contributed by atoms with van der Waals surface area (Å²) in [6.07, 6.45) is 1.73. The Kier molecular flexibility index (Phi) is 5.57. The number of hydrogen-bond donors (Lipinski definition) is 2. The summed E-state index contributed by atoms with van der Waals surface area (Å²) in [6.45, 7) is 2.27. The number of carbonyl (C=O) groups is 1. The van der Waals surface area contributed by atoms with E-state index in [0.717, 1.165) is 22.9 Å². The second kappa shape index (κ2) is 7.63. The van der Waals surface area contributed by atoms with Crippen molar-refractivity contribution in [2.75, 3.05) is 43.3 Å². The van der Waals surface area contributed by atoms with Gasteiger partial charge in [0.25, 0.3) is 0 Å². The number of nitrogens with zero attached hydrogens (tertiary/aromatic N) is 4. The van der Waals surface area contributed by atoms with Crippen molar-refractivity contribution >= 4 is 23.2 Å². The zero-order valence-corrected chi connectivity index (χ0v) is 14.8. The highest BCUT2D eigenvalue weighted by molar-refractivity contribution is 5.92. The predicted octanol–water partition coefficient (Wildman–Crippen LogP) is 2.24. The molecule has 0 aromatic carbocycles. The third-order valence-corrected chi connectivity index (χ3v) is 3.43. The molecule has 2 aromatic heterocycles. The molecule has 2 aromatic rings. The van der Waals surface area contributed by atoms with E-state index in [4.69, 9.17) is 0 Å². The van der Waals surface area contributed by atoms with Gasteiger partial charge in [0, 0.05) is 45.8 Å². The fourth-order valence-electron chi connectivity index (χ4n) is 2.16. The first-order chi connectivity index (χ1) is 11.4. The van der Waals surface area contributed by atoms with Crippen LogP contribution in [0.15, 0.2) is 30.5 Å². The number of pyridine rings is 2. The molecule has 0 bridgehead atoms. The molecule has 0 fully saturated rings. The first-order valence-corrected chi connectivity index (χ1v) is 7.69. The van der Waals surface area contributed by atoms with Gasteiger partial charge in [0.05, 0.1) is 17.9 Å². The second-order valence-electron chi connectivity index (χ2n) is 5.93. The number of aryl methyl sites for hydroxylation is 1. The quantitative estimate of drug-likeness (QED) is 0.880. The summed E-state index contributed by atoms with van der Waals surface area (Å²) in [7, 11) is 7.71. The molecule has 7 nitrogen and oxygen atoms in total. The Bertz CT molecular complexity index is 714. The maximum atomic E-state index is 12.2. The lowest BCUT2D eigenvalue weighted by atomic mass is 10.3. The maximum Gasteiger partial charge on any atom is 0.319 e. The molecule has 2 rings (SSSR count). The van der Waals surface area contributed by atoms with E-state index in [9.17, 15) is 4.79 Å². The highest BCUT2D eigenvalue weighted by Crippen LogP contribution is 2.21. The van der Waals surface area contributed by atoms with Gasteiger partial charge < -0.3 is 20.4 Å². The lowest BCUT2D eigenvalue weighted by Gasteiger charge is -2.17. The van der Waals surface area contributed by atoms with E-state index >= 15 is 0 Å². The van der Waals surface area contributed by atoms with Crippen LogP contribution in [0.1, 0.15) is 11.4 Å². The average Bonchev–Trinajstić information content (AvgIpc) is 2.54. The van der Waals surface area contributed by atoms with Crippen LogP contribution < -0.4 is 20.4 Å². The Morgan fingerprint density at radius 1 is 1.12 bits per heavy atom. The van der Waals surface area contributed by atoms with Gasteiger partial charge in [-0.15, -0.1) is 0 Å².